The highest BCUT2D eigenvalue weighted by Gasteiger charge is 2.28. The maximum absolute atomic E-state index is 13.1. The van der Waals surface area contributed by atoms with E-state index in [0.717, 1.165) is 18.8 Å². The number of pyridine rings is 1. The van der Waals surface area contributed by atoms with E-state index in [1.54, 1.807) is 36.5 Å². The van der Waals surface area contributed by atoms with Crippen molar-refractivity contribution >= 4 is 39.1 Å². The van der Waals surface area contributed by atoms with Crippen molar-refractivity contribution in [2.75, 3.05) is 55.9 Å². The molecular formula is C21H28N4O4S2. The van der Waals surface area contributed by atoms with Crippen LogP contribution in [0.1, 0.15) is 24.2 Å². The van der Waals surface area contributed by atoms with Crippen molar-refractivity contribution in [3.8, 4) is 0 Å². The number of morpholine rings is 1. The van der Waals surface area contributed by atoms with Gasteiger partial charge in [-0.2, -0.15) is 4.31 Å². The Morgan fingerprint density at radius 3 is 2.58 bits per heavy atom. The third kappa shape index (κ3) is 5.20. The van der Waals surface area contributed by atoms with Crippen molar-refractivity contribution in [1.82, 2.24) is 9.29 Å². The van der Waals surface area contributed by atoms with E-state index in [2.05, 4.69) is 15.2 Å². The summed E-state index contributed by atoms with van der Waals surface area (Å²) < 4.78 is 33.0. The molecule has 1 fully saturated rings. The maximum Gasteiger partial charge on any atom is 0.258 e. The summed E-state index contributed by atoms with van der Waals surface area (Å²) in [6, 6.07) is 8.32. The van der Waals surface area contributed by atoms with Gasteiger partial charge in [0.1, 0.15) is 5.03 Å². The second-order valence-corrected chi connectivity index (χ2v) is 9.61. The minimum absolute atomic E-state index is 0.150. The first kappa shape index (κ1) is 23.5. The molecule has 1 aromatic carbocycles. The quantitative estimate of drug-likeness (QED) is 0.601. The zero-order valence-electron chi connectivity index (χ0n) is 18.0. The van der Waals surface area contributed by atoms with Crippen LogP contribution in [-0.4, -0.2) is 69.3 Å². The lowest BCUT2D eigenvalue weighted by atomic mass is 10.2. The molecule has 0 unspecified atom stereocenters. The molecule has 2 aromatic rings. The number of rotatable bonds is 8. The van der Waals surface area contributed by atoms with Gasteiger partial charge >= 0.3 is 0 Å². The SMILES string of the molecule is CCN(CC)c1ccc(S(=O)(=O)N2CCOCC2)cc1NC(=O)c1cccnc1SC. The van der Waals surface area contributed by atoms with Gasteiger partial charge in [-0.1, -0.05) is 0 Å². The molecule has 1 aliphatic heterocycles. The molecule has 1 amide bonds. The van der Waals surface area contributed by atoms with Gasteiger partial charge in [0.15, 0.2) is 0 Å². The number of carbonyl (C=O) groups excluding carboxylic acids is 1. The molecule has 0 aliphatic carbocycles. The molecule has 1 aliphatic rings. The van der Waals surface area contributed by atoms with Crippen LogP contribution in [0.2, 0.25) is 0 Å². The average molecular weight is 465 g/mol. The monoisotopic (exact) mass is 464 g/mol. The summed E-state index contributed by atoms with van der Waals surface area (Å²) in [6.07, 6.45) is 3.50. The Hall–Kier alpha value is -2.14. The number of aromatic nitrogens is 1. The third-order valence-electron chi connectivity index (χ3n) is 5.14. The number of nitrogens with zero attached hydrogens (tertiary/aromatic N) is 3. The first-order valence-electron chi connectivity index (χ1n) is 10.2. The molecule has 1 saturated heterocycles. The van der Waals surface area contributed by atoms with Gasteiger partial charge in [0, 0.05) is 32.4 Å². The summed E-state index contributed by atoms with van der Waals surface area (Å²) in [5, 5.41) is 3.54. The zero-order chi connectivity index (χ0) is 22.4. The van der Waals surface area contributed by atoms with Crippen molar-refractivity contribution in [2.24, 2.45) is 0 Å². The Morgan fingerprint density at radius 1 is 1.23 bits per heavy atom. The minimum Gasteiger partial charge on any atom is -0.379 e. The maximum atomic E-state index is 13.1. The Labute approximate surface area is 188 Å². The standard InChI is InChI=1S/C21H28N4O4S2/c1-4-24(5-2)19-9-8-16(31(27,28)25-11-13-29-14-12-25)15-18(19)23-20(26)17-7-6-10-22-21(17)30-3/h6-10,15H,4-5,11-14H2,1-3H3,(H,23,26). The molecule has 8 nitrogen and oxygen atoms in total. The first-order valence-corrected chi connectivity index (χ1v) is 12.9. The summed E-state index contributed by atoms with van der Waals surface area (Å²) >= 11 is 1.38. The number of ether oxygens (including phenoxy) is 1. The fourth-order valence-corrected chi connectivity index (χ4v) is 5.45. The Balaban J connectivity index is 2.01. The Kier molecular flexibility index (Phi) is 7.93. The molecule has 0 bridgehead atoms. The van der Waals surface area contributed by atoms with Crippen LogP contribution in [0, 0.1) is 0 Å². The van der Waals surface area contributed by atoms with Crippen LogP contribution in [0.3, 0.4) is 0 Å². The number of hydrogen-bond acceptors (Lipinski definition) is 7. The van der Waals surface area contributed by atoms with Crippen LogP contribution < -0.4 is 10.2 Å². The lowest BCUT2D eigenvalue weighted by Crippen LogP contribution is -2.40. The van der Waals surface area contributed by atoms with Gasteiger partial charge in [-0.05, 0) is 50.4 Å². The molecule has 0 atom stereocenters. The van der Waals surface area contributed by atoms with Crippen LogP contribution in [0.5, 0.6) is 0 Å². The van der Waals surface area contributed by atoms with Crippen molar-refractivity contribution < 1.29 is 17.9 Å². The highest BCUT2D eigenvalue weighted by molar-refractivity contribution is 7.98. The van der Waals surface area contributed by atoms with Gasteiger partial charge in [0.05, 0.1) is 35.0 Å². The van der Waals surface area contributed by atoms with Crippen LogP contribution in [0.25, 0.3) is 0 Å². The van der Waals surface area contributed by atoms with Gasteiger partial charge in [-0.15, -0.1) is 11.8 Å². The van der Waals surface area contributed by atoms with E-state index in [9.17, 15) is 13.2 Å². The van der Waals surface area contributed by atoms with Crippen molar-refractivity contribution in [3.05, 3.63) is 42.1 Å². The number of thioether (sulfide) groups is 1. The molecule has 2 heterocycles. The minimum atomic E-state index is -3.69. The number of sulfonamides is 1. The molecule has 1 aromatic heterocycles. The smallest absolute Gasteiger partial charge is 0.258 e. The lowest BCUT2D eigenvalue weighted by molar-refractivity contribution is 0.0730. The van der Waals surface area contributed by atoms with Crippen LogP contribution in [0.15, 0.2) is 46.5 Å². The topological polar surface area (TPSA) is 91.8 Å². The molecule has 0 radical (unpaired) electrons. The van der Waals surface area contributed by atoms with E-state index in [4.69, 9.17) is 4.74 Å². The molecule has 168 valence electrons. The highest BCUT2D eigenvalue weighted by Crippen LogP contribution is 2.31. The summed E-state index contributed by atoms with van der Waals surface area (Å²) in [4.78, 5) is 19.5. The summed E-state index contributed by atoms with van der Waals surface area (Å²) in [5.41, 5.74) is 1.68. The number of anilines is 2. The van der Waals surface area contributed by atoms with E-state index in [1.807, 2.05) is 20.1 Å². The summed E-state index contributed by atoms with van der Waals surface area (Å²) in [5.74, 6) is -0.327. The summed E-state index contributed by atoms with van der Waals surface area (Å²) in [7, 11) is -3.69. The average Bonchev–Trinajstić information content (AvgIpc) is 2.81. The Bertz CT molecular complexity index is 1020. The van der Waals surface area contributed by atoms with Crippen molar-refractivity contribution in [2.45, 2.75) is 23.8 Å². The normalized spacial score (nSPS) is 14.9. The van der Waals surface area contributed by atoms with Crippen LogP contribution >= 0.6 is 11.8 Å². The number of benzene rings is 1. The van der Waals surface area contributed by atoms with Crippen LogP contribution in [0.4, 0.5) is 11.4 Å². The van der Waals surface area contributed by atoms with Gasteiger partial charge in [0.2, 0.25) is 10.0 Å². The van der Waals surface area contributed by atoms with E-state index in [1.165, 1.54) is 16.1 Å². The molecule has 3 rings (SSSR count). The first-order chi connectivity index (χ1) is 14.9. The fourth-order valence-electron chi connectivity index (χ4n) is 3.47. The predicted molar refractivity (Wildman–Crippen MR) is 124 cm³/mol. The second-order valence-electron chi connectivity index (χ2n) is 6.88. The van der Waals surface area contributed by atoms with E-state index in [-0.39, 0.29) is 10.8 Å². The largest absolute Gasteiger partial charge is 0.379 e. The third-order valence-corrected chi connectivity index (χ3v) is 7.74. The van der Waals surface area contributed by atoms with Gasteiger partial charge < -0.3 is 15.0 Å². The van der Waals surface area contributed by atoms with E-state index < -0.39 is 10.0 Å². The predicted octanol–water partition coefficient (Wildman–Crippen LogP) is 2.92. The number of amides is 1. The van der Waals surface area contributed by atoms with Gasteiger partial charge in [0.25, 0.3) is 5.91 Å². The highest BCUT2D eigenvalue weighted by atomic mass is 32.2. The van der Waals surface area contributed by atoms with E-state index >= 15 is 0 Å². The molecule has 1 N–H and O–H groups in total. The number of nitrogens with one attached hydrogen (secondary N) is 1. The van der Waals surface area contributed by atoms with Gasteiger partial charge in [-0.3, -0.25) is 4.79 Å². The van der Waals surface area contributed by atoms with Gasteiger partial charge in [-0.25, -0.2) is 13.4 Å². The fraction of sp³-hybridized carbons (Fsp3) is 0.429. The Morgan fingerprint density at radius 2 is 1.94 bits per heavy atom. The second kappa shape index (κ2) is 10.4. The summed E-state index contributed by atoms with van der Waals surface area (Å²) in [6.45, 7) is 6.84. The molecule has 0 spiro atoms. The molecular weight excluding hydrogens is 436 g/mol. The molecule has 0 saturated carbocycles. The molecule has 31 heavy (non-hydrogen) atoms. The van der Waals surface area contributed by atoms with Crippen LogP contribution in [-0.2, 0) is 14.8 Å². The number of hydrogen-bond donors (Lipinski definition) is 1. The van der Waals surface area contributed by atoms with Crippen molar-refractivity contribution in [3.63, 3.8) is 0 Å². The molecule has 10 heteroatoms. The van der Waals surface area contributed by atoms with Crippen molar-refractivity contribution in [1.29, 1.82) is 0 Å². The number of carbonyl (C=O) groups is 1. The zero-order valence-corrected chi connectivity index (χ0v) is 19.6. The van der Waals surface area contributed by atoms with E-state index in [0.29, 0.717) is 42.6 Å². The lowest BCUT2D eigenvalue weighted by Gasteiger charge is -2.28.